The molecule has 9 nitrogen and oxygen atoms in total. The van der Waals surface area contributed by atoms with Crippen molar-refractivity contribution in [3.05, 3.63) is 38.4 Å². The molecule has 0 atom stereocenters. The minimum Gasteiger partial charge on any atom is -0.462 e. The van der Waals surface area contributed by atoms with Crippen molar-refractivity contribution in [1.29, 1.82) is 0 Å². The largest absolute Gasteiger partial charge is 0.462 e. The van der Waals surface area contributed by atoms with E-state index in [1.54, 1.807) is 13.8 Å². The zero-order chi connectivity index (χ0) is 18.1. The van der Waals surface area contributed by atoms with Crippen LogP contribution in [0.15, 0.2) is 16.5 Å². The maximum absolute atomic E-state index is 12.1. The average molecular weight is 381 g/mol. The van der Waals surface area contributed by atoms with Gasteiger partial charge in [0.25, 0.3) is 5.91 Å². The molecule has 3 aromatic heterocycles. The molecule has 0 radical (unpaired) electrons. The first-order valence-electron chi connectivity index (χ1n) is 7.03. The fraction of sp³-hybridized carbons (Fsp3) is 0.214. The van der Waals surface area contributed by atoms with Crippen LogP contribution in [0.3, 0.4) is 0 Å². The van der Waals surface area contributed by atoms with E-state index in [4.69, 9.17) is 9.15 Å². The molecule has 3 rings (SSSR count). The van der Waals surface area contributed by atoms with Crippen LogP contribution in [-0.4, -0.2) is 28.4 Å². The first kappa shape index (κ1) is 17.0. The van der Waals surface area contributed by atoms with Crippen LogP contribution < -0.4 is 5.32 Å². The highest BCUT2D eigenvalue weighted by atomic mass is 32.1. The Bertz CT molecular complexity index is 986. The molecule has 11 heteroatoms. The molecule has 1 N–H and O–H groups in total. The molecule has 0 saturated heterocycles. The smallest absolute Gasteiger partial charge is 0.433 e. The quantitative estimate of drug-likeness (QED) is 0.407. The van der Waals surface area contributed by atoms with E-state index in [0.29, 0.717) is 14.8 Å². The number of thiazole rings is 1. The normalized spacial score (nSPS) is 10.8. The lowest BCUT2D eigenvalue weighted by molar-refractivity contribution is -0.402. The summed E-state index contributed by atoms with van der Waals surface area (Å²) >= 11 is 2.38. The van der Waals surface area contributed by atoms with E-state index in [2.05, 4.69) is 10.3 Å². The van der Waals surface area contributed by atoms with Gasteiger partial charge >= 0.3 is 11.9 Å². The molecule has 0 aliphatic carbocycles. The fourth-order valence-corrected chi connectivity index (χ4v) is 4.25. The molecule has 0 aromatic carbocycles. The molecular weight excluding hydrogens is 370 g/mol. The molecule has 0 fully saturated rings. The Morgan fingerprint density at radius 1 is 1.40 bits per heavy atom. The number of aromatic nitrogens is 1. The second kappa shape index (κ2) is 6.61. The highest BCUT2D eigenvalue weighted by Crippen LogP contribution is 2.37. The van der Waals surface area contributed by atoms with E-state index in [1.807, 2.05) is 0 Å². The summed E-state index contributed by atoms with van der Waals surface area (Å²) in [6, 6.07) is 2.32. The summed E-state index contributed by atoms with van der Waals surface area (Å²) in [7, 11) is 0. The SMILES string of the molecule is CCOC(=O)c1sc2nc(NC(=O)c3ccc([N+](=O)[O-])o3)sc2c1C. The summed E-state index contributed by atoms with van der Waals surface area (Å²) < 4.78 is 10.6. The molecule has 0 bridgehead atoms. The predicted octanol–water partition coefficient (Wildman–Crippen LogP) is 3.60. The standard InChI is InChI=1S/C14H11N3O6S2/c1-3-22-13(19)10-6(2)9-12(24-10)16-14(25-9)15-11(18)7-4-5-8(23-7)17(20)21/h4-5H,3H2,1-2H3,(H,15,16,18). The summed E-state index contributed by atoms with van der Waals surface area (Å²) in [6.07, 6.45) is 0. The number of anilines is 1. The Kier molecular flexibility index (Phi) is 4.51. The van der Waals surface area contributed by atoms with E-state index in [-0.39, 0.29) is 12.4 Å². The number of amides is 1. The van der Waals surface area contributed by atoms with Crippen molar-refractivity contribution >= 4 is 55.1 Å². The summed E-state index contributed by atoms with van der Waals surface area (Å²) in [5.41, 5.74) is 0.741. The van der Waals surface area contributed by atoms with Gasteiger partial charge in [0.1, 0.15) is 14.6 Å². The number of nitrogens with zero attached hydrogens (tertiary/aromatic N) is 2. The van der Waals surface area contributed by atoms with Gasteiger partial charge < -0.3 is 9.15 Å². The van der Waals surface area contributed by atoms with Crippen molar-refractivity contribution in [3.63, 3.8) is 0 Å². The van der Waals surface area contributed by atoms with Crippen molar-refractivity contribution in [2.24, 2.45) is 0 Å². The molecule has 3 aromatic rings. The van der Waals surface area contributed by atoms with Crippen LogP contribution in [0.25, 0.3) is 9.53 Å². The molecule has 25 heavy (non-hydrogen) atoms. The Morgan fingerprint density at radius 2 is 2.16 bits per heavy atom. The van der Waals surface area contributed by atoms with Gasteiger partial charge in [0.2, 0.25) is 0 Å². The molecule has 0 saturated carbocycles. The van der Waals surface area contributed by atoms with E-state index < -0.39 is 22.7 Å². The van der Waals surface area contributed by atoms with E-state index in [1.165, 1.54) is 28.7 Å². The van der Waals surface area contributed by atoms with E-state index in [9.17, 15) is 19.7 Å². The topological polar surface area (TPSA) is 125 Å². The number of hydrogen-bond acceptors (Lipinski definition) is 9. The van der Waals surface area contributed by atoms with Gasteiger partial charge in [-0.2, -0.15) is 0 Å². The molecule has 0 aliphatic heterocycles. The van der Waals surface area contributed by atoms with E-state index >= 15 is 0 Å². The number of ether oxygens (including phenoxy) is 1. The lowest BCUT2D eigenvalue weighted by Gasteiger charge is -1.99. The average Bonchev–Trinajstić information content (AvgIpc) is 3.24. The monoisotopic (exact) mass is 381 g/mol. The molecule has 0 aliphatic rings. The minimum atomic E-state index is -0.726. The third-order valence-electron chi connectivity index (χ3n) is 3.15. The van der Waals surface area contributed by atoms with Gasteiger partial charge in [-0.3, -0.25) is 20.2 Å². The second-order valence-corrected chi connectivity index (χ2v) is 6.78. The van der Waals surface area contributed by atoms with Gasteiger partial charge in [0, 0.05) is 0 Å². The first-order chi connectivity index (χ1) is 11.9. The van der Waals surface area contributed by atoms with Gasteiger partial charge in [-0.1, -0.05) is 11.3 Å². The van der Waals surface area contributed by atoms with Gasteiger partial charge in [-0.05, 0) is 25.5 Å². The number of rotatable bonds is 5. The zero-order valence-corrected chi connectivity index (χ0v) is 14.7. The third kappa shape index (κ3) is 3.23. The molecule has 0 spiro atoms. The van der Waals surface area contributed by atoms with Crippen molar-refractivity contribution in [3.8, 4) is 0 Å². The fourth-order valence-electron chi connectivity index (χ4n) is 2.04. The molecule has 0 unspecified atom stereocenters. The summed E-state index contributed by atoms with van der Waals surface area (Å²) in [4.78, 5) is 39.1. The minimum absolute atomic E-state index is 0.186. The first-order valence-corrected chi connectivity index (χ1v) is 8.66. The van der Waals surface area contributed by atoms with Crippen molar-refractivity contribution in [1.82, 2.24) is 4.98 Å². The number of fused-ring (bicyclic) bond motifs is 1. The van der Waals surface area contributed by atoms with Gasteiger partial charge in [-0.25, -0.2) is 9.78 Å². The van der Waals surface area contributed by atoms with Gasteiger partial charge in [-0.15, -0.1) is 11.3 Å². The van der Waals surface area contributed by atoms with Crippen molar-refractivity contribution < 1.29 is 23.7 Å². The molecule has 130 valence electrons. The number of carbonyl (C=O) groups excluding carboxylic acids is 2. The van der Waals surface area contributed by atoms with Crippen LogP contribution in [-0.2, 0) is 4.74 Å². The third-order valence-corrected chi connectivity index (χ3v) is 5.54. The molecular formula is C14H11N3O6S2. The van der Waals surface area contributed by atoms with Gasteiger partial charge in [0.15, 0.2) is 10.9 Å². The zero-order valence-electron chi connectivity index (χ0n) is 13.0. The second-order valence-electron chi connectivity index (χ2n) is 4.78. The number of thiophene rings is 1. The molecule has 3 heterocycles. The van der Waals surface area contributed by atoms with Crippen LogP contribution >= 0.6 is 22.7 Å². The lowest BCUT2D eigenvalue weighted by Crippen LogP contribution is -2.10. The number of nitrogens with one attached hydrogen (secondary N) is 1. The highest BCUT2D eigenvalue weighted by molar-refractivity contribution is 7.30. The van der Waals surface area contributed by atoms with Gasteiger partial charge in [0.05, 0.1) is 17.4 Å². The summed E-state index contributed by atoms with van der Waals surface area (Å²) in [5.74, 6) is -1.74. The number of carbonyl (C=O) groups is 2. The van der Waals surface area contributed by atoms with Crippen LogP contribution in [0.1, 0.15) is 32.7 Å². The highest BCUT2D eigenvalue weighted by Gasteiger charge is 2.22. The Balaban J connectivity index is 1.81. The summed E-state index contributed by atoms with van der Waals surface area (Å²) in [5, 5.41) is 13.4. The number of furan rings is 1. The van der Waals surface area contributed by atoms with Crippen LogP contribution in [0, 0.1) is 17.0 Å². The Hall–Kier alpha value is -2.79. The summed E-state index contributed by atoms with van der Waals surface area (Å²) in [6.45, 7) is 3.80. The Labute approximate surface area is 148 Å². The van der Waals surface area contributed by atoms with Crippen molar-refractivity contribution in [2.45, 2.75) is 13.8 Å². The Morgan fingerprint density at radius 3 is 2.76 bits per heavy atom. The maximum atomic E-state index is 12.1. The van der Waals surface area contributed by atoms with Crippen molar-refractivity contribution in [2.75, 3.05) is 11.9 Å². The number of nitro groups is 1. The lowest BCUT2D eigenvalue weighted by atomic mass is 10.3. The number of esters is 1. The maximum Gasteiger partial charge on any atom is 0.433 e. The number of hydrogen-bond donors (Lipinski definition) is 1. The van der Waals surface area contributed by atoms with Crippen LogP contribution in [0.5, 0.6) is 0 Å². The van der Waals surface area contributed by atoms with Crippen LogP contribution in [0.2, 0.25) is 0 Å². The van der Waals surface area contributed by atoms with Crippen LogP contribution in [0.4, 0.5) is 11.0 Å². The molecule has 1 amide bonds. The van der Waals surface area contributed by atoms with E-state index in [0.717, 1.165) is 16.3 Å². The predicted molar refractivity (Wildman–Crippen MR) is 91.5 cm³/mol. The number of aryl methyl sites for hydroxylation is 1.